The maximum Gasteiger partial charge on any atom is 0.138 e. The van der Waals surface area contributed by atoms with E-state index in [2.05, 4.69) is 6.08 Å². The third kappa shape index (κ3) is 3.91. The summed E-state index contributed by atoms with van der Waals surface area (Å²) in [6.45, 7) is 2.71. The van der Waals surface area contributed by atoms with Gasteiger partial charge in [-0.05, 0) is 43.5 Å². The van der Waals surface area contributed by atoms with Gasteiger partial charge in [0.25, 0.3) is 0 Å². The minimum absolute atomic E-state index is 0.568. The van der Waals surface area contributed by atoms with Gasteiger partial charge in [0.05, 0.1) is 17.2 Å². The topological polar surface area (TPSA) is 35.2 Å². The summed E-state index contributed by atoms with van der Waals surface area (Å²) in [6, 6.07) is 3.57. The molecule has 0 unspecified atom stereocenters. The van der Waals surface area contributed by atoms with E-state index in [0.717, 1.165) is 24.0 Å². The summed E-state index contributed by atoms with van der Waals surface area (Å²) in [5, 5.41) is 1.21. The van der Waals surface area contributed by atoms with Crippen molar-refractivity contribution in [2.75, 3.05) is 13.7 Å². The number of ether oxygens (including phenoxy) is 1. The number of benzene rings is 1. The van der Waals surface area contributed by atoms with Gasteiger partial charge in [0, 0.05) is 6.07 Å². The zero-order valence-corrected chi connectivity index (χ0v) is 11.6. The molecule has 0 bridgehead atoms. The SMILES string of the molecule is COc1cc(Cl)c(/C(C)=C/CCCN)cc1Cl. The Bertz CT molecular complexity index is 416. The highest BCUT2D eigenvalue weighted by atomic mass is 35.5. The van der Waals surface area contributed by atoms with Gasteiger partial charge in [-0.3, -0.25) is 0 Å². The van der Waals surface area contributed by atoms with E-state index in [0.29, 0.717) is 22.3 Å². The van der Waals surface area contributed by atoms with Gasteiger partial charge >= 0.3 is 0 Å². The highest BCUT2D eigenvalue weighted by molar-refractivity contribution is 6.35. The second-order valence-corrected chi connectivity index (χ2v) is 4.60. The van der Waals surface area contributed by atoms with Gasteiger partial charge in [-0.1, -0.05) is 29.3 Å². The minimum Gasteiger partial charge on any atom is -0.495 e. The first-order valence-corrected chi connectivity index (χ1v) is 6.26. The van der Waals surface area contributed by atoms with Gasteiger partial charge in [-0.25, -0.2) is 0 Å². The van der Waals surface area contributed by atoms with Gasteiger partial charge in [0.2, 0.25) is 0 Å². The largest absolute Gasteiger partial charge is 0.495 e. The van der Waals surface area contributed by atoms with E-state index in [-0.39, 0.29) is 0 Å². The fourth-order valence-corrected chi connectivity index (χ4v) is 2.08. The number of methoxy groups -OCH3 is 1. The quantitative estimate of drug-likeness (QED) is 0.819. The Kier molecular flexibility index (Phi) is 5.83. The van der Waals surface area contributed by atoms with Crippen LogP contribution in [0.15, 0.2) is 18.2 Å². The molecule has 0 heterocycles. The number of rotatable bonds is 5. The predicted molar refractivity (Wildman–Crippen MR) is 75.0 cm³/mol. The van der Waals surface area contributed by atoms with Crippen LogP contribution in [0.1, 0.15) is 25.3 Å². The van der Waals surface area contributed by atoms with Crippen molar-refractivity contribution < 1.29 is 4.74 Å². The van der Waals surface area contributed by atoms with Crippen LogP contribution in [0.25, 0.3) is 5.57 Å². The molecule has 0 aliphatic rings. The Morgan fingerprint density at radius 1 is 1.35 bits per heavy atom. The molecular weight excluding hydrogens is 257 g/mol. The molecule has 0 aliphatic carbocycles. The summed E-state index contributed by atoms with van der Waals surface area (Å²) in [4.78, 5) is 0. The molecule has 2 nitrogen and oxygen atoms in total. The maximum atomic E-state index is 6.18. The lowest BCUT2D eigenvalue weighted by atomic mass is 10.1. The fourth-order valence-electron chi connectivity index (χ4n) is 1.53. The lowest BCUT2D eigenvalue weighted by Crippen LogP contribution is -1.96. The van der Waals surface area contributed by atoms with Gasteiger partial charge in [-0.15, -0.1) is 0 Å². The first-order chi connectivity index (χ1) is 8.10. The van der Waals surface area contributed by atoms with E-state index < -0.39 is 0 Å². The number of halogens is 2. The third-order valence-corrected chi connectivity index (χ3v) is 3.13. The molecule has 0 amide bonds. The van der Waals surface area contributed by atoms with Crippen LogP contribution in [-0.2, 0) is 0 Å². The molecule has 94 valence electrons. The number of nitrogens with two attached hydrogens (primary N) is 1. The van der Waals surface area contributed by atoms with Crippen LogP contribution in [0.5, 0.6) is 5.75 Å². The van der Waals surface area contributed by atoms with Crippen LogP contribution < -0.4 is 10.5 Å². The Hall–Kier alpha value is -0.700. The van der Waals surface area contributed by atoms with Gasteiger partial charge in [0.15, 0.2) is 0 Å². The average molecular weight is 274 g/mol. The van der Waals surface area contributed by atoms with Crippen LogP contribution >= 0.6 is 23.2 Å². The van der Waals surface area contributed by atoms with Crippen molar-refractivity contribution in [2.45, 2.75) is 19.8 Å². The molecule has 0 aromatic heterocycles. The molecule has 0 radical (unpaired) electrons. The molecule has 0 atom stereocenters. The lowest BCUT2D eigenvalue weighted by Gasteiger charge is -2.09. The number of unbranched alkanes of at least 4 members (excludes halogenated alkanes) is 1. The summed E-state index contributed by atoms with van der Waals surface area (Å²) in [5.74, 6) is 0.593. The molecule has 1 aromatic carbocycles. The zero-order chi connectivity index (χ0) is 12.8. The fraction of sp³-hybridized carbons (Fsp3) is 0.385. The zero-order valence-electron chi connectivity index (χ0n) is 10.1. The molecule has 0 saturated heterocycles. The monoisotopic (exact) mass is 273 g/mol. The molecule has 1 rings (SSSR count). The summed E-state index contributed by atoms with van der Waals surface area (Å²) >= 11 is 12.3. The van der Waals surface area contributed by atoms with Crippen molar-refractivity contribution in [2.24, 2.45) is 5.73 Å². The van der Waals surface area contributed by atoms with Crippen LogP contribution in [0.2, 0.25) is 10.0 Å². The van der Waals surface area contributed by atoms with E-state index >= 15 is 0 Å². The van der Waals surface area contributed by atoms with E-state index in [1.54, 1.807) is 13.2 Å². The van der Waals surface area contributed by atoms with Crippen molar-refractivity contribution >= 4 is 28.8 Å². The van der Waals surface area contributed by atoms with E-state index in [1.165, 1.54) is 0 Å². The predicted octanol–water partition coefficient (Wildman–Crippen LogP) is 4.14. The van der Waals surface area contributed by atoms with E-state index in [9.17, 15) is 0 Å². The second-order valence-electron chi connectivity index (χ2n) is 3.78. The molecular formula is C13H17Cl2NO. The summed E-state index contributed by atoms with van der Waals surface area (Å²) < 4.78 is 5.11. The van der Waals surface area contributed by atoms with E-state index in [1.807, 2.05) is 13.0 Å². The average Bonchev–Trinajstić information content (AvgIpc) is 2.31. The molecule has 17 heavy (non-hydrogen) atoms. The number of hydrogen-bond donors (Lipinski definition) is 1. The molecule has 0 saturated carbocycles. The van der Waals surface area contributed by atoms with Crippen molar-refractivity contribution in [3.05, 3.63) is 33.8 Å². The Balaban J connectivity index is 2.98. The molecule has 0 spiro atoms. The Labute approximate surface area is 112 Å². The van der Waals surface area contributed by atoms with E-state index in [4.69, 9.17) is 33.7 Å². The number of allylic oxidation sites excluding steroid dienone is 2. The minimum atomic E-state index is 0.568. The second kappa shape index (κ2) is 6.90. The van der Waals surface area contributed by atoms with Crippen LogP contribution in [-0.4, -0.2) is 13.7 Å². The first kappa shape index (κ1) is 14.4. The normalized spacial score (nSPS) is 11.7. The van der Waals surface area contributed by atoms with Crippen LogP contribution in [0.4, 0.5) is 0 Å². The lowest BCUT2D eigenvalue weighted by molar-refractivity contribution is 0.415. The summed E-state index contributed by atoms with van der Waals surface area (Å²) in [7, 11) is 1.57. The molecule has 4 heteroatoms. The van der Waals surface area contributed by atoms with Crippen LogP contribution in [0, 0.1) is 0 Å². The smallest absolute Gasteiger partial charge is 0.138 e. The van der Waals surface area contributed by atoms with Gasteiger partial charge in [0.1, 0.15) is 5.75 Å². The maximum absolute atomic E-state index is 6.18. The summed E-state index contributed by atoms with van der Waals surface area (Å²) in [6.07, 6.45) is 4.04. The molecule has 0 aliphatic heterocycles. The van der Waals surface area contributed by atoms with Crippen molar-refractivity contribution in [1.29, 1.82) is 0 Å². The van der Waals surface area contributed by atoms with Crippen LogP contribution in [0.3, 0.4) is 0 Å². The van der Waals surface area contributed by atoms with Crippen molar-refractivity contribution in [3.63, 3.8) is 0 Å². The third-order valence-electron chi connectivity index (χ3n) is 2.53. The van der Waals surface area contributed by atoms with Gasteiger partial charge in [-0.2, -0.15) is 0 Å². The highest BCUT2D eigenvalue weighted by Gasteiger charge is 2.08. The molecule has 0 fully saturated rings. The van der Waals surface area contributed by atoms with Gasteiger partial charge < -0.3 is 10.5 Å². The Morgan fingerprint density at radius 2 is 2.06 bits per heavy atom. The highest BCUT2D eigenvalue weighted by Crippen LogP contribution is 2.34. The Morgan fingerprint density at radius 3 is 2.65 bits per heavy atom. The van der Waals surface area contributed by atoms with Crippen molar-refractivity contribution in [1.82, 2.24) is 0 Å². The number of hydrogen-bond acceptors (Lipinski definition) is 2. The first-order valence-electron chi connectivity index (χ1n) is 5.50. The van der Waals surface area contributed by atoms with Crippen molar-refractivity contribution in [3.8, 4) is 5.75 Å². The summed E-state index contributed by atoms with van der Waals surface area (Å²) in [5.41, 5.74) is 7.50. The molecule has 2 N–H and O–H groups in total. The standard InChI is InChI=1S/C13H17Cl2NO/c1-9(5-3-4-6-16)10-7-12(15)13(17-2)8-11(10)14/h5,7-8H,3-4,6,16H2,1-2H3/b9-5+. The molecule has 1 aromatic rings.